The number of hydrogen-bond acceptors (Lipinski definition) is 3. The average Bonchev–Trinajstić information content (AvgIpc) is 2.80. The molecule has 16 heavy (non-hydrogen) atoms. The molecule has 1 aliphatic carbocycles. The van der Waals surface area contributed by atoms with E-state index in [1.165, 1.54) is 32.1 Å². The van der Waals surface area contributed by atoms with Crippen LogP contribution in [-0.4, -0.2) is 38.0 Å². The highest BCUT2D eigenvalue weighted by Crippen LogP contribution is 2.38. The lowest BCUT2D eigenvalue weighted by atomic mass is 9.75. The molecule has 0 amide bonds. The lowest BCUT2D eigenvalue weighted by molar-refractivity contribution is -0.114. The third-order valence-electron chi connectivity index (χ3n) is 4.56. The molecule has 1 N–H and O–H groups in total. The molecule has 0 aromatic heterocycles. The second kappa shape index (κ2) is 4.63. The van der Waals surface area contributed by atoms with Crippen molar-refractivity contribution in [1.82, 2.24) is 5.32 Å². The van der Waals surface area contributed by atoms with Crippen molar-refractivity contribution in [3.63, 3.8) is 0 Å². The number of ether oxygens (including phenoxy) is 2. The van der Waals surface area contributed by atoms with Crippen LogP contribution in [0, 0.1) is 5.92 Å². The Kier molecular flexibility index (Phi) is 3.18. The molecule has 2 saturated heterocycles. The molecular formula is C13H23NO2. The quantitative estimate of drug-likeness (QED) is 0.737. The molecule has 1 saturated carbocycles. The molecule has 2 unspecified atom stereocenters. The van der Waals surface area contributed by atoms with Gasteiger partial charge in [0.15, 0.2) is 0 Å². The second-order valence-corrected chi connectivity index (χ2v) is 5.55. The third-order valence-corrected chi connectivity index (χ3v) is 4.56. The van der Waals surface area contributed by atoms with E-state index in [0.29, 0.717) is 6.04 Å². The predicted octanol–water partition coefficient (Wildman–Crippen LogP) is 1.71. The molecule has 3 fully saturated rings. The van der Waals surface area contributed by atoms with Crippen LogP contribution in [0.25, 0.3) is 0 Å². The summed E-state index contributed by atoms with van der Waals surface area (Å²) in [6.07, 6.45) is 8.07. The summed E-state index contributed by atoms with van der Waals surface area (Å²) in [5, 5.41) is 3.72. The molecule has 0 radical (unpaired) electrons. The largest absolute Gasteiger partial charge is 0.378 e. The lowest BCUT2D eigenvalue weighted by Gasteiger charge is -2.45. The Morgan fingerprint density at radius 3 is 2.69 bits per heavy atom. The Balaban J connectivity index is 1.74. The van der Waals surface area contributed by atoms with Crippen LogP contribution in [0.4, 0.5) is 0 Å². The monoisotopic (exact) mass is 225 g/mol. The summed E-state index contributed by atoms with van der Waals surface area (Å²) in [6, 6.07) is 0.545. The molecule has 92 valence electrons. The van der Waals surface area contributed by atoms with Gasteiger partial charge in [-0.05, 0) is 18.8 Å². The van der Waals surface area contributed by atoms with Crippen molar-refractivity contribution in [2.75, 3.05) is 26.4 Å². The van der Waals surface area contributed by atoms with E-state index in [1.54, 1.807) is 0 Å². The Bertz CT molecular complexity index is 232. The van der Waals surface area contributed by atoms with Crippen LogP contribution in [0.1, 0.15) is 38.5 Å². The van der Waals surface area contributed by atoms with Gasteiger partial charge in [-0.2, -0.15) is 0 Å². The van der Waals surface area contributed by atoms with Crippen LogP contribution in [-0.2, 0) is 9.47 Å². The Labute approximate surface area is 97.9 Å². The summed E-state index contributed by atoms with van der Waals surface area (Å²) in [6.45, 7) is 3.56. The summed E-state index contributed by atoms with van der Waals surface area (Å²) < 4.78 is 11.7. The zero-order valence-electron chi connectivity index (χ0n) is 10.0. The first-order valence-corrected chi connectivity index (χ1v) is 6.86. The van der Waals surface area contributed by atoms with Gasteiger partial charge < -0.3 is 14.8 Å². The van der Waals surface area contributed by atoms with Gasteiger partial charge in [0.05, 0.1) is 13.2 Å². The van der Waals surface area contributed by atoms with Crippen molar-refractivity contribution >= 4 is 0 Å². The average molecular weight is 225 g/mol. The Morgan fingerprint density at radius 1 is 1.06 bits per heavy atom. The van der Waals surface area contributed by atoms with E-state index in [0.717, 1.165) is 38.7 Å². The topological polar surface area (TPSA) is 30.5 Å². The minimum atomic E-state index is 0.0141. The number of morpholine rings is 1. The molecule has 3 rings (SSSR count). The van der Waals surface area contributed by atoms with Crippen molar-refractivity contribution in [1.29, 1.82) is 0 Å². The third kappa shape index (κ3) is 1.89. The van der Waals surface area contributed by atoms with Crippen LogP contribution in [0.15, 0.2) is 0 Å². The molecule has 0 aromatic rings. The Morgan fingerprint density at radius 2 is 1.94 bits per heavy atom. The van der Waals surface area contributed by atoms with Gasteiger partial charge in [-0.15, -0.1) is 0 Å². The van der Waals surface area contributed by atoms with Crippen molar-refractivity contribution in [2.45, 2.75) is 50.2 Å². The molecular weight excluding hydrogens is 202 g/mol. The molecule has 0 aromatic carbocycles. The van der Waals surface area contributed by atoms with Crippen LogP contribution in [0.2, 0.25) is 0 Å². The molecule has 3 heteroatoms. The van der Waals surface area contributed by atoms with Gasteiger partial charge >= 0.3 is 0 Å². The van der Waals surface area contributed by atoms with E-state index in [1.807, 2.05) is 0 Å². The SMILES string of the molecule is C1CCC(C2NCCOC23CCOC3)CC1. The maximum atomic E-state index is 6.10. The summed E-state index contributed by atoms with van der Waals surface area (Å²) >= 11 is 0. The van der Waals surface area contributed by atoms with Crippen molar-refractivity contribution in [3.8, 4) is 0 Å². The van der Waals surface area contributed by atoms with Crippen molar-refractivity contribution in [2.24, 2.45) is 5.92 Å². The summed E-state index contributed by atoms with van der Waals surface area (Å²) in [7, 11) is 0. The smallest absolute Gasteiger partial charge is 0.109 e. The zero-order chi connectivity index (χ0) is 10.8. The fraction of sp³-hybridized carbons (Fsp3) is 1.00. The number of rotatable bonds is 1. The molecule has 2 aliphatic heterocycles. The summed E-state index contributed by atoms with van der Waals surface area (Å²) in [5.41, 5.74) is 0.0141. The van der Waals surface area contributed by atoms with Gasteiger partial charge in [-0.25, -0.2) is 0 Å². The predicted molar refractivity (Wildman–Crippen MR) is 62.5 cm³/mol. The van der Waals surface area contributed by atoms with E-state index in [9.17, 15) is 0 Å². The van der Waals surface area contributed by atoms with E-state index in [-0.39, 0.29) is 5.60 Å². The van der Waals surface area contributed by atoms with Gasteiger partial charge in [-0.3, -0.25) is 0 Å². The van der Waals surface area contributed by atoms with Crippen molar-refractivity contribution < 1.29 is 9.47 Å². The van der Waals surface area contributed by atoms with Gasteiger partial charge in [0, 0.05) is 25.6 Å². The molecule has 2 heterocycles. The lowest BCUT2D eigenvalue weighted by Crippen LogP contribution is -2.61. The first kappa shape index (κ1) is 11.0. The minimum absolute atomic E-state index is 0.0141. The fourth-order valence-electron chi connectivity index (χ4n) is 3.73. The fourth-order valence-corrected chi connectivity index (χ4v) is 3.73. The first-order valence-electron chi connectivity index (χ1n) is 6.86. The Hall–Kier alpha value is -0.120. The van der Waals surface area contributed by atoms with E-state index in [4.69, 9.17) is 9.47 Å². The highest BCUT2D eigenvalue weighted by Gasteiger charge is 2.48. The van der Waals surface area contributed by atoms with Gasteiger partial charge in [0.1, 0.15) is 5.60 Å². The number of nitrogens with one attached hydrogen (secondary N) is 1. The number of hydrogen-bond donors (Lipinski definition) is 1. The summed E-state index contributed by atoms with van der Waals surface area (Å²) in [4.78, 5) is 0. The van der Waals surface area contributed by atoms with Crippen molar-refractivity contribution in [3.05, 3.63) is 0 Å². The molecule has 0 bridgehead atoms. The molecule has 3 aliphatic rings. The summed E-state index contributed by atoms with van der Waals surface area (Å²) in [5.74, 6) is 0.816. The molecule has 1 spiro atoms. The molecule has 2 atom stereocenters. The molecule has 3 nitrogen and oxygen atoms in total. The maximum Gasteiger partial charge on any atom is 0.109 e. The normalized spacial score (nSPS) is 41.6. The van der Waals surface area contributed by atoms with Crippen LogP contribution >= 0.6 is 0 Å². The van der Waals surface area contributed by atoms with Crippen LogP contribution < -0.4 is 5.32 Å². The minimum Gasteiger partial charge on any atom is -0.378 e. The zero-order valence-corrected chi connectivity index (χ0v) is 10.0. The van der Waals surface area contributed by atoms with Gasteiger partial charge in [-0.1, -0.05) is 19.3 Å². The van der Waals surface area contributed by atoms with E-state index < -0.39 is 0 Å². The highest BCUT2D eigenvalue weighted by atomic mass is 16.6. The maximum absolute atomic E-state index is 6.10. The standard InChI is InChI=1S/C13H23NO2/c1-2-4-11(5-3-1)12-13(6-8-15-10-13)16-9-7-14-12/h11-12,14H,1-10H2. The second-order valence-electron chi connectivity index (χ2n) is 5.55. The van der Waals surface area contributed by atoms with Crippen LogP contribution in [0.3, 0.4) is 0 Å². The van der Waals surface area contributed by atoms with E-state index in [2.05, 4.69) is 5.32 Å². The van der Waals surface area contributed by atoms with E-state index >= 15 is 0 Å². The van der Waals surface area contributed by atoms with Gasteiger partial charge in [0.25, 0.3) is 0 Å². The van der Waals surface area contributed by atoms with Crippen LogP contribution in [0.5, 0.6) is 0 Å². The first-order chi connectivity index (χ1) is 7.91. The van der Waals surface area contributed by atoms with Gasteiger partial charge in [0.2, 0.25) is 0 Å². The highest BCUT2D eigenvalue weighted by molar-refractivity contribution is 5.02.